The lowest BCUT2D eigenvalue weighted by molar-refractivity contribution is -0.158. The Morgan fingerprint density at radius 3 is 2.27 bits per heavy atom. The van der Waals surface area contributed by atoms with Crippen LogP contribution in [0.1, 0.15) is 79.5 Å². The van der Waals surface area contributed by atoms with Crippen molar-refractivity contribution < 1.29 is 23.8 Å². The fraction of sp³-hybridized carbons (Fsp3) is 0.731. The SMILES string of the molecule is CC(C)COC(C)OCC(=O)CCc1ccc(CN[C@@H](CC(C)C)C(=O)OC(C)(C)C)cn1. The van der Waals surface area contributed by atoms with E-state index in [0.29, 0.717) is 44.2 Å². The number of aromatic nitrogens is 1. The molecule has 2 atom stereocenters. The van der Waals surface area contributed by atoms with Gasteiger partial charge in [-0.05, 0) is 64.0 Å². The number of hydrogen-bond donors (Lipinski definition) is 1. The van der Waals surface area contributed by atoms with E-state index in [0.717, 1.165) is 11.3 Å². The summed E-state index contributed by atoms with van der Waals surface area (Å²) >= 11 is 0. The molecule has 7 nitrogen and oxygen atoms in total. The number of rotatable bonds is 15. The van der Waals surface area contributed by atoms with Gasteiger partial charge in [0.25, 0.3) is 0 Å². The zero-order chi connectivity index (χ0) is 25.0. The highest BCUT2D eigenvalue weighted by Crippen LogP contribution is 2.14. The average molecular weight is 465 g/mol. The molecule has 0 fully saturated rings. The van der Waals surface area contributed by atoms with Crippen molar-refractivity contribution in [2.75, 3.05) is 13.2 Å². The van der Waals surface area contributed by atoms with Crippen LogP contribution in [0.15, 0.2) is 18.3 Å². The number of carbonyl (C=O) groups excluding carboxylic acids is 2. The Hall–Kier alpha value is -1.83. The van der Waals surface area contributed by atoms with Gasteiger partial charge in [-0.15, -0.1) is 0 Å². The highest BCUT2D eigenvalue weighted by atomic mass is 16.7. The van der Waals surface area contributed by atoms with Crippen LogP contribution < -0.4 is 5.32 Å². The van der Waals surface area contributed by atoms with E-state index >= 15 is 0 Å². The van der Waals surface area contributed by atoms with E-state index in [1.54, 1.807) is 13.1 Å². The Morgan fingerprint density at radius 1 is 1.03 bits per heavy atom. The molecule has 0 amide bonds. The van der Waals surface area contributed by atoms with Crippen LogP contribution in [0.4, 0.5) is 0 Å². The second-order valence-electron chi connectivity index (χ2n) is 10.4. The summed E-state index contributed by atoms with van der Waals surface area (Å²) in [5.41, 5.74) is 1.31. The predicted octanol–water partition coefficient (Wildman–Crippen LogP) is 4.46. The topological polar surface area (TPSA) is 86.8 Å². The molecule has 1 aromatic heterocycles. The molecule has 188 valence electrons. The summed E-state index contributed by atoms with van der Waals surface area (Å²) in [6, 6.07) is 3.53. The molecule has 0 aliphatic carbocycles. The van der Waals surface area contributed by atoms with E-state index in [1.807, 2.05) is 32.9 Å². The van der Waals surface area contributed by atoms with E-state index in [-0.39, 0.29) is 30.7 Å². The lowest BCUT2D eigenvalue weighted by atomic mass is 10.0. The second-order valence-corrected chi connectivity index (χ2v) is 10.4. The molecule has 7 heteroatoms. The van der Waals surface area contributed by atoms with Crippen molar-refractivity contribution >= 4 is 11.8 Å². The molecular weight excluding hydrogens is 420 g/mol. The third kappa shape index (κ3) is 14.1. The Kier molecular flexibility index (Phi) is 12.8. The van der Waals surface area contributed by atoms with Crippen molar-refractivity contribution in [3.63, 3.8) is 0 Å². The van der Waals surface area contributed by atoms with Crippen LogP contribution in [-0.2, 0) is 36.8 Å². The number of carbonyl (C=O) groups is 2. The molecule has 1 N–H and O–H groups in total. The molecule has 1 aromatic rings. The minimum absolute atomic E-state index is 0.0245. The van der Waals surface area contributed by atoms with Gasteiger partial charge in [0.05, 0.1) is 6.61 Å². The van der Waals surface area contributed by atoms with Gasteiger partial charge >= 0.3 is 5.97 Å². The third-order valence-electron chi connectivity index (χ3n) is 4.64. The van der Waals surface area contributed by atoms with E-state index in [4.69, 9.17) is 14.2 Å². The number of ketones is 1. The van der Waals surface area contributed by atoms with E-state index < -0.39 is 5.60 Å². The zero-order valence-electron chi connectivity index (χ0n) is 21.8. The molecule has 0 bridgehead atoms. The van der Waals surface area contributed by atoms with Gasteiger partial charge in [-0.3, -0.25) is 14.6 Å². The van der Waals surface area contributed by atoms with E-state index in [9.17, 15) is 9.59 Å². The standard InChI is InChI=1S/C26H44N2O5/c1-18(2)13-24(25(30)33-26(6,7)8)28-15-21-9-10-22(27-14-21)11-12-23(29)17-32-20(5)31-16-19(3)4/h9-10,14,18-20,24,28H,11-13,15-17H2,1-8H3/t20?,24-/m0/s1. The van der Waals surface area contributed by atoms with Gasteiger partial charge in [0.15, 0.2) is 12.1 Å². The summed E-state index contributed by atoms with van der Waals surface area (Å²) in [7, 11) is 0. The Labute approximate surface area is 200 Å². The number of Topliss-reactive ketones (excluding diaryl/α,β-unsaturated/α-hetero) is 1. The third-order valence-corrected chi connectivity index (χ3v) is 4.64. The van der Waals surface area contributed by atoms with Crippen molar-refractivity contribution in [2.24, 2.45) is 11.8 Å². The minimum atomic E-state index is -0.515. The van der Waals surface area contributed by atoms with Crippen LogP contribution >= 0.6 is 0 Å². The van der Waals surface area contributed by atoms with Crippen molar-refractivity contribution in [3.05, 3.63) is 29.6 Å². The molecule has 0 saturated carbocycles. The average Bonchev–Trinajstić information content (AvgIpc) is 2.71. The maximum Gasteiger partial charge on any atom is 0.323 e. The summed E-state index contributed by atoms with van der Waals surface area (Å²) in [5, 5.41) is 3.31. The molecule has 0 radical (unpaired) electrons. The molecule has 0 aromatic carbocycles. The van der Waals surface area contributed by atoms with Gasteiger partial charge in [0.2, 0.25) is 0 Å². The molecule has 0 aliphatic rings. The van der Waals surface area contributed by atoms with E-state index in [1.165, 1.54) is 0 Å². The first kappa shape index (κ1) is 29.2. The summed E-state index contributed by atoms with van der Waals surface area (Å²) in [6.07, 6.45) is 3.03. The summed E-state index contributed by atoms with van der Waals surface area (Å²) in [5.74, 6) is 0.582. The number of nitrogens with zero attached hydrogens (tertiary/aromatic N) is 1. The first-order chi connectivity index (χ1) is 15.4. The second kappa shape index (κ2) is 14.4. The summed E-state index contributed by atoms with van der Waals surface area (Å²) in [4.78, 5) is 29.1. The highest BCUT2D eigenvalue weighted by Gasteiger charge is 2.25. The Balaban J connectivity index is 2.46. The molecule has 0 saturated heterocycles. The molecule has 1 unspecified atom stereocenters. The zero-order valence-corrected chi connectivity index (χ0v) is 21.8. The quantitative estimate of drug-likeness (QED) is 0.303. The molecule has 1 heterocycles. The number of ether oxygens (including phenoxy) is 3. The van der Waals surface area contributed by atoms with Crippen LogP contribution in [0, 0.1) is 11.8 Å². The Morgan fingerprint density at radius 2 is 1.73 bits per heavy atom. The van der Waals surface area contributed by atoms with Crippen LogP contribution in [0.3, 0.4) is 0 Å². The van der Waals surface area contributed by atoms with Crippen molar-refractivity contribution in [1.29, 1.82) is 0 Å². The van der Waals surface area contributed by atoms with E-state index in [2.05, 4.69) is 38.0 Å². The van der Waals surface area contributed by atoms with Gasteiger partial charge in [0, 0.05) is 24.9 Å². The normalized spacial score (nSPS) is 13.9. The molecule has 0 aliphatic heterocycles. The fourth-order valence-electron chi connectivity index (χ4n) is 2.98. The predicted molar refractivity (Wildman–Crippen MR) is 130 cm³/mol. The number of esters is 1. The van der Waals surface area contributed by atoms with Gasteiger partial charge in [0.1, 0.15) is 18.2 Å². The van der Waals surface area contributed by atoms with Crippen LogP contribution in [0.25, 0.3) is 0 Å². The number of nitrogens with one attached hydrogen (secondary N) is 1. The lowest BCUT2D eigenvalue weighted by Crippen LogP contribution is -2.41. The first-order valence-electron chi connectivity index (χ1n) is 12.0. The van der Waals surface area contributed by atoms with Crippen LogP contribution in [0.2, 0.25) is 0 Å². The monoisotopic (exact) mass is 464 g/mol. The van der Waals surface area contributed by atoms with Crippen LogP contribution in [-0.4, -0.2) is 47.9 Å². The maximum absolute atomic E-state index is 12.5. The van der Waals surface area contributed by atoms with Crippen LogP contribution in [0.5, 0.6) is 0 Å². The summed E-state index contributed by atoms with van der Waals surface area (Å²) in [6.45, 7) is 16.9. The minimum Gasteiger partial charge on any atom is -0.459 e. The van der Waals surface area contributed by atoms with Crippen molar-refractivity contribution in [2.45, 2.75) is 99.1 Å². The molecule has 1 rings (SSSR count). The Bertz CT molecular complexity index is 710. The lowest BCUT2D eigenvalue weighted by Gasteiger charge is -2.25. The first-order valence-corrected chi connectivity index (χ1v) is 12.0. The maximum atomic E-state index is 12.5. The number of pyridine rings is 1. The highest BCUT2D eigenvalue weighted by molar-refractivity contribution is 5.79. The number of hydrogen-bond acceptors (Lipinski definition) is 7. The van der Waals surface area contributed by atoms with Gasteiger partial charge in [-0.1, -0.05) is 33.8 Å². The molecule has 0 spiro atoms. The van der Waals surface area contributed by atoms with Gasteiger partial charge in [-0.2, -0.15) is 0 Å². The van der Waals surface area contributed by atoms with Crippen molar-refractivity contribution in [3.8, 4) is 0 Å². The molecule has 33 heavy (non-hydrogen) atoms. The molecular formula is C26H44N2O5. The number of aryl methyl sites for hydroxylation is 1. The van der Waals surface area contributed by atoms with Gasteiger partial charge in [-0.25, -0.2) is 0 Å². The van der Waals surface area contributed by atoms with Crippen molar-refractivity contribution in [1.82, 2.24) is 10.3 Å². The largest absolute Gasteiger partial charge is 0.459 e. The van der Waals surface area contributed by atoms with Gasteiger partial charge < -0.3 is 19.5 Å². The fourth-order valence-corrected chi connectivity index (χ4v) is 2.98. The summed E-state index contributed by atoms with van der Waals surface area (Å²) < 4.78 is 16.5. The smallest absolute Gasteiger partial charge is 0.323 e.